The van der Waals surface area contributed by atoms with E-state index < -0.39 is 27.7 Å². The summed E-state index contributed by atoms with van der Waals surface area (Å²) in [6, 6.07) is 9.88. The molecule has 0 radical (unpaired) electrons. The summed E-state index contributed by atoms with van der Waals surface area (Å²) in [7, 11) is -0.960. The van der Waals surface area contributed by atoms with Crippen molar-refractivity contribution >= 4 is 21.1 Å². The number of fused-ring (bicyclic) bond motifs is 1. The van der Waals surface area contributed by atoms with E-state index in [4.69, 9.17) is 9.15 Å². The van der Waals surface area contributed by atoms with Gasteiger partial charge in [0.15, 0.2) is 5.58 Å². The minimum atomic E-state index is -3.86. The smallest absolute Gasteiger partial charge is 0.408 e. The first-order valence-corrected chi connectivity index (χ1v) is 9.17. The molecule has 0 aliphatic rings. The first-order valence-electron chi connectivity index (χ1n) is 7.69. The van der Waals surface area contributed by atoms with E-state index in [9.17, 15) is 17.6 Å². The molecule has 1 N–H and O–H groups in total. The van der Waals surface area contributed by atoms with Crippen LogP contribution < -0.4 is 10.5 Å². The zero-order valence-corrected chi connectivity index (χ0v) is 14.9. The van der Waals surface area contributed by atoms with Crippen LogP contribution in [0.2, 0.25) is 0 Å². The molecule has 0 bridgehead atoms. The molecule has 0 spiro atoms. The van der Waals surface area contributed by atoms with Gasteiger partial charge in [0.25, 0.3) is 0 Å². The molecule has 1 heterocycles. The Morgan fingerprint density at radius 1 is 1.27 bits per heavy atom. The molecule has 0 aliphatic carbocycles. The molecule has 1 atom stereocenters. The third kappa shape index (κ3) is 3.55. The Morgan fingerprint density at radius 2 is 2.04 bits per heavy atom. The second kappa shape index (κ2) is 7.02. The fraction of sp³-hybridized carbons (Fsp3) is 0.235. The molecule has 138 valence electrons. The summed E-state index contributed by atoms with van der Waals surface area (Å²) < 4.78 is 52.4. The molecule has 9 heteroatoms. The van der Waals surface area contributed by atoms with Gasteiger partial charge in [-0.05, 0) is 35.9 Å². The first-order chi connectivity index (χ1) is 12.3. The van der Waals surface area contributed by atoms with Crippen molar-refractivity contribution in [1.82, 2.24) is 9.29 Å². The van der Waals surface area contributed by atoms with E-state index in [-0.39, 0.29) is 11.4 Å². The highest BCUT2D eigenvalue weighted by Crippen LogP contribution is 2.20. The quantitative estimate of drug-likeness (QED) is 0.706. The maximum Gasteiger partial charge on any atom is 0.419 e. The predicted octanol–water partition coefficient (Wildman–Crippen LogP) is 1.94. The van der Waals surface area contributed by atoms with Crippen LogP contribution in [0.3, 0.4) is 0 Å². The molecule has 0 aliphatic heterocycles. The second-order valence-corrected chi connectivity index (χ2v) is 7.45. The van der Waals surface area contributed by atoms with Gasteiger partial charge in [0.1, 0.15) is 5.82 Å². The number of halogens is 1. The topological polar surface area (TPSA) is 90.5 Å². The number of benzene rings is 2. The van der Waals surface area contributed by atoms with Crippen LogP contribution in [-0.2, 0) is 21.8 Å². The summed E-state index contributed by atoms with van der Waals surface area (Å²) in [5.41, 5.74) is 1.18. The van der Waals surface area contributed by atoms with E-state index in [1.807, 2.05) is 0 Å². The Balaban J connectivity index is 1.84. The van der Waals surface area contributed by atoms with Crippen LogP contribution in [-0.4, -0.2) is 26.6 Å². The predicted molar refractivity (Wildman–Crippen MR) is 92.8 cm³/mol. The second-order valence-electron chi connectivity index (χ2n) is 5.69. The van der Waals surface area contributed by atoms with Gasteiger partial charge >= 0.3 is 5.76 Å². The van der Waals surface area contributed by atoms with E-state index in [1.165, 1.54) is 55.1 Å². The normalized spacial score (nSPS) is 13.2. The molecule has 7 nitrogen and oxygen atoms in total. The third-order valence-electron chi connectivity index (χ3n) is 4.04. The number of nitrogens with zero attached hydrogens (tertiary/aromatic N) is 1. The van der Waals surface area contributed by atoms with Gasteiger partial charge in [0.05, 0.1) is 16.5 Å². The van der Waals surface area contributed by atoms with E-state index in [0.717, 1.165) is 0 Å². The lowest BCUT2D eigenvalue weighted by molar-refractivity contribution is 0.107. The third-order valence-corrected chi connectivity index (χ3v) is 5.46. The Bertz CT molecular complexity index is 1100. The van der Waals surface area contributed by atoms with Crippen molar-refractivity contribution in [3.05, 3.63) is 64.4 Å². The zero-order chi connectivity index (χ0) is 18.9. The molecule has 0 unspecified atom stereocenters. The van der Waals surface area contributed by atoms with Gasteiger partial charge in [-0.2, -0.15) is 0 Å². The molecule has 0 saturated heterocycles. The number of methoxy groups -OCH3 is 1. The van der Waals surface area contributed by atoms with Gasteiger partial charge in [-0.15, -0.1) is 0 Å². The number of hydrogen-bond donors (Lipinski definition) is 1. The molecule has 3 rings (SSSR count). The summed E-state index contributed by atoms with van der Waals surface area (Å²) in [5, 5.41) is 0. The zero-order valence-electron chi connectivity index (χ0n) is 14.1. The van der Waals surface area contributed by atoms with Gasteiger partial charge in [0, 0.05) is 20.7 Å². The standard InChI is InChI=1S/C17H17FN2O5S/c1-20-14-9-13(6-7-15(14)25-17(20)21)26(22,23)19-10-16(24-2)11-4-3-5-12(18)8-11/h3-9,16,19H,10H2,1-2H3/t16-/m1/s1. The SMILES string of the molecule is CO[C@H](CNS(=O)(=O)c1ccc2oc(=O)n(C)c2c1)c1cccc(F)c1. The van der Waals surface area contributed by atoms with Gasteiger partial charge in [-0.1, -0.05) is 12.1 Å². The van der Waals surface area contributed by atoms with Crippen LogP contribution in [0.15, 0.2) is 56.6 Å². The Morgan fingerprint density at radius 3 is 2.73 bits per heavy atom. The Kier molecular flexibility index (Phi) is 4.94. The molecule has 26 heavy (non-hydrogen) atoms. The number of rotatable bonds is 6. The molecule has 0 amide bonds. The van der Waals surface area contributed by atoms with Crippen LogP contribution in [0, 0.1) is 5.82 Å². The molecule has 2 aromatic carbocycles. The molecule has 1 aromatic heterocycles. The molecular weight excluding hydrogens is 363 g/mol. The number of ether oxygens (including phenoxy) is 1. The summed E-state index contributed by atoms with van der Waals surface area (Å²) in [6.45, 7) is -0.0787. The van der Waals surface area contributed by atoms with E-state index in [2.05, 4.69) is 4.72 Å². The monoisotopic (exact) mass is 380 g/mol. The van der Waals surface area contributed by atoms with Gasteiger partial charge in [0.2, 0.25) is 10.0 Å². The van der Waals surface area contributed by atoms with Crippen LogP contribution in [0.1, 0.15) is 11.7 Å². The number of oxazole rings is 1. The highest BCUT2D eigenvalue weighted by molar-refractivity contribution is 7.89. The van der Waals surface area contributed by atoms with Crippen molar-refractivity contribution in [3.8, 4) is 0 Å². The lowest BCUT2D eigenvalue weighted by Gasteiger charge is -2.17. The van der Waals surface area contributed by atoms with Crippen molar-refractivity contribution in [2.75, 3.05) is 13.7 Å². The maximum absolute atomic E-state index is 13.4. The lowest BCUT2D eigenvalue weighted by Crippen LogP contribution is -2.29. The average Bonchev–Trinajstić information content (AvgIpc) is 2.89. The fourth-order valence-corrected chi connectivity index (χ4v) is 3.64. The summed E-state index contributed by atoms with van der Waals surface area (Å²) in [5.74, 6) is -1.01. The van der Waals surface area contributed by atoms with Gasteiger partial charge in [-0.3, -0.25) is 4.57 Å². The molecular formula is C17H17FN2O5S. The van der Waals surface area contributed by atoms with Crippen molar-refractivity contribution in [3.63, 3.8) is 0 Å². The largest absolute Gasteiger partial charge is 0.419 e. The average molecular weight is 380 g/mol. The molecule has 3 aromatic rings. The minimum absolute atomic E-state index is 0.0181. The summed E-state index contributed by atoms with van der Waals surface area (Å²) in [4.78, 5) is 11.5. The van der Waals surface area contributed by atoms with Crippen LogP contribution >= 0.6 is 0 Å². The number of sulfonamides is 1. The number of aromatic nitrogens is 1. The summed E-state index contributed by atoms with van der Waals surface area (Å²) >= 11 is 0. The molecule has 0 fully saturated rings. The Labute approximate surface area is 149 Å². The first kappa shape index (κ1) is 18.3. The summed E-state index contributed by atoms with van der Waals surface area (Å²) in [6.07, 6.45) is -0.650. The Hall–Kier alpha value is -2.49. The minimum Gasteiger partial charge on any atom is -0.408 e. The van der Waals surface area contributed by atoms with E-state index >= 15 is 0 Å². The highest BCUT2D eigenvalue weighted by atomic mass is 32.2. The van der Waals surface area contributed by atoms with Gasteiger partial charge < -0.3 is 9.15 Å². The van der Waals surface area contributed by atoms with Crippen LogP contribution in [0.25, 0.3) is 11.1 Å². The van der Waals surface area contributed by atoms with Crippen LogP contribution in [0.5, 0.6) is 0 Å². The highest BCUT2D eigenvalue weighted by Gasteiger charge is 2.20. The lowest BCUT2D eigenvalue weighted by atomic mass is 10.1. The maximum atomic E-state index is 13.4. The van der Waals surface area contributed by atoms with Crippen molar-refractivity contribution < 1.29 is 22.0 Å². The number of hydrogen-bond acceptors (Lipinski definition) is 5. The molecule has 0 saturated carbocycles. The van der Waals surface area contributed by atoms with Crippen LogP contribution in [0.4, 0.5) is 4.39 Å². The van der Waals surface area contributed by atoms with E-state index in [0.29, 0.717) is 16.7 Å². The fourth-order valence-electron chi connectivity index (χ4n) is 2.59. The number of aryl methyl sites for hydroxylation is 1. The number of nitrogens with one attached hydrogen (secondary N) is 1. The van der Waals surface area contributed by atoms with Crippen molar-refractivity contribution in [1.29, 1.82) is 0 Å². The van der Waals surface area contributed by atoms with Gasteiger partial charge in [-0.25, -0.2) is 22.3 Å². The van der Waals surface area contributed by atoms with Crippen molar-refractivity contribution in [2.45, 2.75) is 11.0 Å². The van der Waals surface area contributed by atoms with Crippen molar-refractivity contribution in [2.24, 2.45) is 7.05 Å². The van der Waals surface area contributed by atoms with E-state index in [1.54, 1.807) is 6.07 Å².